The number of methoxy groups -OCH3 is 1. The molecule has 0 aromatic heterocycles. The number of carboxylic acids is 1. The Bertz CT molecular complexity index is 185. The van der Waals surface area contributed by atoms with Gasteiger partial charge in [-0.25, -0.2) is 0 Å². The quantitative estimate of drug-likeness (QED) is 0.671. The maximum Gasteiger partial charge on any atom is 0.304 e. The Morgan fingerprint density at radius 1 is 1.40 bits per heavy atom. The predicted octanol–water partition coefficient (Wildman–Crippen LogP) is 1.60. The van der Waals surface area contributed by atoms with Crippen molar-refractivity contribution < 1.29 is 14.6 Å². The summed E-state index contributed by atoms with van der Waals surface area (Å²) in [5.74, 6) is -0.742. The van der Waals surface area contributed by atoms with Crippen LogP contribution in [0.5, 0.6) is 0 Å². The molecule has 15 heavy (non-hydrogen) atoms. The van der Waals surface area contributed by atoms with Crippen LogP contribution in [-0.4, -0.2) is 48.3 Å². The summed E-state index contributed by atoms with van der Waals surface area (Å²) >= 11 is 0. The Morgan fingerprint density at radius 3 is 2.40 bits per heavy atom. The van der Waals surface area contributed by atoms with Gasteiger partial charge in [0.1, 0.15) is 0 Å². The number of hydrogen-bond donors (Lipinski definition) is 1. The molecular weight excluding hydrogens is 194 g/mol. The number of carboxylic acid groups (broad SMARTS) is 1. The number of nitrogens with zero attached hydrogens (tertiary/aromatic N) is 1. The third kappa shape index (κ3) is 5.74. The van der Waals surface area contributed by atoms with Gasteiger partial charge in [-0.1, -0.05) is 6.92 Å². The van der Waals surface area contributed by atoms with E-state index in [2.05, 4.69) is 18.7 Å². The average molecular weight is 217 g/mol. The van der Waals surface area contributed by atoms with Crippen molar-refractivity contribution >= 4 is 5.97 Å². The van der Waals surface area contributed by atoms with E-state index in [1.165, 1.54) is 0 Å². The van der Waals surface area contributed by atoms with Crippen LogP contribution in [0.15, 0.2) is 0 Å². The van der Waals surface area contributed by atoms with E-state index in [4.69, 9.17) is 9.84 Å². The average Bonchev–Trinajstić information content (AvgIpc) is 2.16. The molecule has 2 atom stereocenters. The van der Waals surface area contributed by atoms with Crippen LogP contribution in [-0.2, 0) is 9.53 Å². The lowest BCUT2D eigenvalue weighted by Gasteiger charge is -2.33. The number of aliphatic carboxylic acids is 1. The van der Waals surface area contributed by atoms with Crippen LogP contribution in [0.25, 0.3) is 0 Å². The molecule has 0 radical (unpaired) electrons. The lowest BCUT2D eigenvalue weighted by atomic mass is 10.1. The molecule has 0 aliphatic heterocycles. The molecule has 0 saturated carbocycles. The molecule has 4 nitrogen and oxygen atoms in total. The zero-order valence-corrected chi connectivity index (χ0v) is 10.2. The summed E-state index contributed by atoms with van der Waals surface area (Å²) in [5.41, 5.74) is 0. The maximum absolute atomic E-state index is 10.6. The smallest absolute Gasteiger partial charge is 0.304 e. The van der Waals surface area contributed by atoms with Crippen molar-refractivity contribution in [2.75, 3.05) is 20.3 Å². The zero-order valence-electron chi connectivity index (χ0n) is 10.2. The molecule has 0 rings (SSSR count). The Labute approximate surface area is 92.2 Å². The Hall–Kier alpha value is -0.610. The fourth-order valence-electron chi connectivity index (χ4n) is 1.68. The number of hydrogen-bond acceptors (Lipinski definition) is 3. The van der Waals surface area contributed by atoms with E-state index < -0.39 is 5.97 Å². The number of ether oxygens (including phenoxy) is 1. The van der Waals surface area contributed by atoms with Crippen molar-refractivity contribution in [3.63, 3.8) is 0 Å². The first-order valence-electron chi connectivity index (χ1n) is 5.49. The minimum absolute atomic E-state index is 0.0626. The van der Waals surface area contributed by atoms with Crippen LogP contribution < -0.4 is 0 Å². The summed E-state index contributed by atoms with van der Waals surface area (Å²) in [4.78, 5) is 12.8. The van der Waals surface area contributed by atoms with E-state index in [1.807, 2.05) is 6.92 Å². The molecule has 0 bridgehead atoms. The lowest BCUT2D eigenvalue weighted by Crippen LogP contribution is -2.43. The first kappa shape index (κ1) is 14.4. The van der Waals surface area contributed by atoms with Gasteiger partial charge in [-0.2, -0.15) is 0 Å². The summed E-state index contributed by atoms with van der Waals surface area (Å²) in [7, 11) is 1.66. The van der Waals surface area contributed by atoms with Crippen LogP contribution in [0, 0.1) is 0 Å². The zero-order chi connectivity index (χ0) is 11.8. The summed E-state index contributed by atoms with van der Waals surface area (Å²) in [5, 5.41) is 8.75. The van der Waals surface area contributed by atoms with E-state index >= 15 is 0 Å². The van der Waals surface area contributed by atoms with Crippen LogP contribution >= 0.6 is 0 Å². The Balaban J connectivity index is 4.25. The topological polar surface area (TPSA) is 49.8 Å². The first-order chi connectivity index (χ1) is 7.02. The third-order valence-electron chi connectivity index (χ3n) is 2.75. The monoisotopic (exact) mass is 217 g/mol. The molecule has 0 aliphatic rings. The van der Waals surface area contributed by atoms with Crippen LogP contribution in [0.1, 0.15) is 33.6 Å². The van der Waals surface area contributed by atoms with Gasteiger partial charge in [0.05, 0.1) is 13.0 Å². The lowest BCUT2D eigenvalue weighted by molar-refractivity contribution is -0.138. The maximum atomic E-state index is 10.6. The van der Waals surface area contributed by atoms with Crippen molar-refractivity contribution in [3.05, 3.63) is 0 Å². The molecule has 90 valence electrons. The second-order valence-corrected chi connectivity index (χ2v) is 3.93. The van der Waals surface area contributed by atoms with Gasteiger partial charge >= 0.3 is 5.97 Å². The second-order valence-electron chi connectivity index (χ2n) is 3.93. The van der Waals surface area contributed by atoms with Gasteiger partial charge in [-0.15, -0.1) is 0 Å². The van der Waals surface area contributed by atoms with E-state index in [9.17, 15) is 4.79 Å². The molecule has 0 aliphatic carbocycles. The van der Waals surface area contributed by atoms with E-state index in [1.54, 1.807) is 7.11 Å². The van der Waals surface area contributed by atoms with E-state index in [-0.39, 0.29) is 12.5 Å². The summed E-state index contributed by atoms with van der Waals surface area (Å²) in [6, 6.07) is 0.460. The highest BCUT2D eigenvalue weighted by atomic mass is 16.5. The molecule has 4 heteroatoms. The highest BCUT2D eigenvalue weighted by Gasteiger charge is 2.20. The van der Waals surface area contributed by atoms with Gasteiger partial charge in [-0.05, 0) is 20.3 Å². The van der Waals surface area contributed by atoms with Crippen molar-refractivity contribution in [2.24, 2.45) is 0 Å². The minimum atomic E-state index is -0.742. The molecule has 0 aromatic carbocycles. The molecule has 1 N–H and O–H groups in total. The highest BCUT2D eigenvalue weighted by Crippen LogP contribution is 2.11. The predicted molar refractivity (Wildman–Crippen MR) is 60.0 cm³/mol. The van der Waals surface area contributed by atoms with Gasteiger partial charge in [0, 0.05) is 25.7 Å². The SMILES string of the molecule is CCC(C)N(CCOC)C(C)CC(=O)O. The fourth-order valence-corrected chi connectivity index (χ4v) is 1.68. The Morgan fingerprint density at radius 2 is 2.00 bits per heavy atom. The Kier molecular flexibility index (Phi) is 7.34. The van der Waals surface area contributed by atoms with Gasteiger partial charge in [0.15, 0.2) is 0 Å². The summed E-state index contributed by atoms with van der Waals surface area (Å²) in [6.45, 7) is 7.62. The molecule has 0 amide bonds. The normalized spacial score (nSPS) is 15.3. The standard InChI is InChI=1S/C11H23NO3/c1-5-9(2)12(6-7-15-4)10(3)8-11(13)14/h9-10H,5-8H2,1-4H3,(H,13,14). The molecule has 0 fully saturated rings. The molecule has 0 saturated heterocycles. The van der Waals surface area contributed by atoms with Crippen molar-refractivity contribution in [2.45, 2.75) is 45.7 Å². The van der Waals surface area contributed by atoms with Crippen LogP contribution in [0.4, 0.5) is 0 Å². The van der Waals surface area contributed by atoms with Crippen LogP contribution in [0.3, 0.4) is 0 Å². The molecule has 0 spiro atoms. The molecule has 0 heterocycles. The van der Waals surface area contributed by atoms with Gasteiger partial charge < -0.3 is 9.84 Å². The third-order valence-corrected chi connectivity index (χ3v) is 2.75. The second kappa shape index (κ2) is 7.65. The molecule has 0 aromatic rings. The van der Waals surface area contributed by atoms with Crippen molar-refractivity contribution in [3.8, 4) is 0 Å². The molecule has 2 unspecified atom stereocenters. The van der Waals surface area contributed by atoms with E-state index in [0.29, 0.717) is 12.6 Å². The van der Waals surface area contributed by atoms with Gasteiger partial charge in [-0.3, -0.25) is 9.69 Å². The largest absolute Gasteiger partial charge is 0.481 e. The molecular formula is C11H23NO3. The van der Waals surface area contributed by atoms with Crippen molar-refractivity contribution in [1.29, 1.82) is 0 Å². The summed E-state index contributed by atoms with van der Waals surface area (Å²) in [6.07, 6.45) is 1.21. The summed E-state index contributed by atoms with van der Waals surface area (Å²) < 4.78 is 5.03. The first-order valence-corrected chi connectivity index (χ1v) is 5.49. The van der Waals surface area contributed by atoms with E-state index in [0.717, 1.165) is 13.0 Å². The number of rotatable bonds is 8. The number of carbonyl (C=O) groups is 1. The highest BCUT2D eigenvalue weighted by molar-refractivity contribution is 5.67. The van der Waals surface area contributed by atoms with Gasteiger partial charge in [0.2, 0.25) is 0 Å². The van der Waals surface area contributed by atoms with Gasteiger partial charge in [0.25, 0.3) is 0 Å². The minimum Gasteiger partial charge on any atom is -0.481 e. The van der Waals surface area contributed by atoms with Crippen molar-refractivity contribution in [1.82, 2.24) is 4.90 Å². The van der Waals surface area contributed by atoms with Crippen LogP contribution in [0.2, 0.25) is 0 Å². The fraction of sp³-hybridized carbons (Fsp3) is 0.909.